The van der Waals surface area contributed by atoms with Gasteiger partial charge < -0.3 is 5.11 Å². The summed E-state index contributed by atoms with van der Waals surface area (Å²) in [5, 5.41) is 9.56. The summed E-state index contributed by atoms with van der Waals surface area (Å²) in [5.41, 5.74) is 1.42. The number of benzene rings is 2. The van der Waals surface area contributed by atoms with Gasteiger partial charge in [-0.15, -0.1) is 0 Å². The lowest BCUT2D eigenvalue weighted by molar-refractivity contribution is -0.136. The second-order valence-corrected chi connectivity index (χ2v) is 4.91. The molecule has 0 aliphatic carbocycles. The minimum atomic E-state index is -1.07. The van der Waals surface area contributed by atoms with E-state index in [-0.39, 0.29) is 12.0 Å². The molecular weight excluding hydrogens is 290 g/mol. The summed E-state index contributed by atoms with van der Waals surface area (Å²) < 4.78 is 13.8. The van der Waals surface area contributed by atoms with Crippen molar-refractivity contribution in [3.05, 3.63) is 57.8 Å². The van der Waals surface area contributed by atoms with Crippen LogP contribution in [0.15, 0.2) is 36.4 Å². The molecule has 2 aromatic rings. The summed E-state index contributed by atoms with van der Waals surface area (Å²) in [6.45, 7) is 0. The predicted molar refractivity (Wildman–Crippen MR) is 73.2 cm³/mol. The number of carboxylic acid groups (broad SMARTS) is 1. The van der Waals surface area contributed by atoms with Crippen LogP contribution in [-0.2, 0) is 11.2 Å². The minimum absolute atomic E-state index is 0.143. The molecule has 0 spiro atoms. The van der Waals surface area contributed by atoms with Gasteiger partial charge in [0.05, 0.1) is 6.42 Å². The molecule has 0 fully saturated rings. The van der Waals surface area contributed by atoms with Crippen molar-refractivity contribution < 1.29 is 14.3 Å². The second-order valence-electron chi connectivity index (χ2n) is 4.03. The number of carbonyl (C=O) groups is 1. The Morgan fingerprint density at radius 2 is 1.68 bits per heavy atom. The van der Waals surface area contributed by atoms with Crippen molar-refractivity contribution in [1.29, 1.82) is 0 Å². The summed E-state index contributed by atoms with van der Waals surface area (Å²) in [6, 6.07) is 9.29. The number of halogens is 3. The van der Waals surface area contributed by atoms with E-state index < -0.39 is 11.8 Å². The first-order valence-electron chi connectivity index (χ1n) is 5.42. The highest BCUT2D eigenvalue weighted by molar-refractivity contribution is 6.35. The van der Waals surface area contributed by atoms with Gasteiger partial charge in [-0.1, -0.05) is 35.3 Å². The smallest absolute Gasteiger partial charge is 0.307 e. The molecule has 98 valence electrons. The largest absolute Gasteiger partial charge is 0.481 e. The Labute approximate surface area is 119 Å². The van der Waals surface area contributed by atoms with E-state index in [9.17, 15) is 9.18 Å². The van der Waals surface area contributed by atoms with E-state index in [4.69, 9.17) is 28.3 Å². The third-order valence-corrected chi connectivity index (χ3v) is 3.03. The van der Waals surface area contributed by atoms with Gasteiger partial charge in [0.15, 0.2) is 0 Å². The van der Waals surface area contributed by atoms with Crippen molar-refractivity contribution in [3.8, 4) is 11.1 Å². The Balaban J connectivity index is 2.41. The SMILES string of the molecule is O=C(O)Cc1ccc(-c2cc(Cl)cc(Cl)c2)cc1F. The maximum absolute atomic E-state index is 13.8. The minimum Gasteiger partial charge on any atom is -0.481 e. The third kappa shape index (κ3) is 3.46. The number of aliphatic carboxylic acids is 1. The van der Waals surface area contributed by atoms with Crippen LogP contribution in [0.2, 0.25) is 10.0 Å². The van der Waals surface area contributed by atoms with Crippen molar-refractivity contribution in [2.75, 3.05) is 0 Å². The average molecular weight is 299 g/mol. The van der Waals surface area contributed by atoms with Crippen LogP contribution in [0.4, 0.5) is 4.39 Å². The first-order chi connectivity index (χ1) is 8.95. The molecular formula is C14H9Cl2FO2. The molecule has 1 N–H and O–H groups in total. The topological polar surface area (TPSA) is 37.3 Å². The lowest BCUT2D eigenvalue weighted by Gasteiger charge is -2.06. The first kappa shape index (κ1) is 13.8. The highest BCUT2D eigenvalue weighted by atomic mass is 35.5. The Kier molecular flexibility index (Phi) is 4.08. The van der Waals surface area contributed by atoms with Crippen LogP contribution in [0.1, 0.15) is 5.56 Å². The van der Waals surface area contributed by atoms with Crippen LogP contribution < -0.4 is 0 Å². The number of hydrogen-bond acceptors (Lipinski definition) is 1. The lowest BCUT2D eigenvalue weighted by Crippen LogP contribution is -2.02. The monoisotopic (exact) mass is 298 g/mol. The zero-order chi connectivity index (χ0) is 14.0. The van der Waals surface area contributed by atoms with Crippen LogP contribution in [0.25, 0.3) is 11.1 Å². The number of rotatable bonds is 3. The Bertz CT molecular complexity index is 621. The lowest BCUT2D eigenvalue weighted by atomic mass is 10.0. The molecule has 0 unspecified atom stereocenters. The molecule has 2 nitrogen and oxygen atoms in total. The average Bonchev–Trinajstić information content (AvgIpc) is 2.30. The summed E-state index contributed by atoms with van der Waals surface area (Å²) in [5.74, 6) is -1.63. The fraction of sp³-hybridized carbons (Fsp3) is 0.0714. The van der Waals surface area contributed by atoms with Crippen LogP contribution >= 0.6 is 23.2 Å². The summed E-state index contributed by atoms with van der Waals surface area (Å²) in [4.78, 5) is 10.6. The van der Waals surface area contributed by atoms with Gasteiger partial charge in [-0.2, -0.15) is 0 Å². The molecule has 2 rings (SSSR count). The number of hydrogen-bond donors (Lipinski definition) is 1. The summed E-state index contributed by atoms with van der Waals surface area (Å²) in [7, 11) is 0. The molecule has 2 aromatic carbocycles. The molecule has 0 saturated carbocycles. The highest BCUT2D eigenvalue weighted by Gasteiger charge is 2.09. The number of carboxylic acids is 1. The van der Waals surface area contributed by atoms with Crippen molar-refractivity contribution >= 4 is 29.2 Å². The highest BCUT2D eigenvalue weighted by Crippen LogP contribution is 2.28. The van der Waals surface area contributed by atoms with E-state index in [0.717, 1.165) is 0 Å². The Hall–Kier alpha value is -1.58. The molecule has 0 aromatic heterocycles. The quantitative estimate of drug-likeness (QED) is 0.910. The van der Waals surface area contributed by atoms with Crippen molar-refractivity contribution in [2.45, 2.75) is 6.42 Å². The van der Waals surface area contributed by atoms with Crippen LogP contribution in [0.3, 0.4) is 0 Å². The van der Waals surface area contributed by atoms with Crippen molar-refractivity contribution in [1.82, 2.24) is 0 Å². The van der Waals surface area contributed by atoms with Crippen LogP contribution in [-0.4, -0.2) is 11.1 Å². The predicted octanol–water partition coefficient (Wildman–Crippen LogP) is 4.43. The van der Waals surface area contributed by atoms with Gasteiger partial charge >= 0.3 is 5.97 Å². The van der Waals surface area contributed by atoms with E-state index in [2.05, 4.69) is 0 Å². The summed E-state index contributed by atoms with van der Waals surface area (Å²) in [6.07, 6.45) is -0.345. The van der Waals surface area contributed by atoms with Gasteiger partial charge in [0.2, 0.25) is 0 Å². The molecule has 0 aliphatic heterocycles. The van der Waals surface area contributed by atoms with Gasteiger partial charge in [0, 0.05) is 10.0 Å². The summed E-state index contributed by atoms with van der Waals surface area (Å²) >= 11 is 11.8. The second kappa shape index (κ2) is 5.59. The zero-order valence-corrected chi connectivity index (χ0v) is 11.2. The molecule has 19 heavy (non-hydrogen) atoms. The molecule has 0 atom stereocenters. The molecule has 0 radical (unpaired) electrons. The fourth-order valence-electron chi connectivity index (χ4n) is 1.75. The van der Waals surface area contributed by atoms with Gasteiger partial charge in [-0.05, 0) is 41.0 Å². The van der Waals surface area contributed by atoms with E-state index in [1.807, 2.05) is 0 Å². The van der Waals surface area contributed by atoms with Gasteiger partial charge in [0.1, 0.15) is 5.82 Å². The van der Waals surface area contributed by atoms with Crippen molar-refractivity contribution in [2.24, 2.45) is 0 Å². The maximum Gasteiger partial charge on any atom is 0.307 e. The van der Waals surface area contributed by atoms with E-state index in [0.29, 0.717) is 21.2 Å². The third-order valence-electron chi connectivity index (χ3n) is 2.59. The van der Waals surface area contributed by atoms with Gasteiger partial charge in [-0.25, -0.2) is 4.39 Å². The standard InChI is InChI=1S/C14H9Cl2FO2/c15-11-3-10(4-12(16)7-11)8-1-2-9(6-14(18)19)13(17)5-8/h1-5,7H,6H2,(H,18,19). The Morgan fingerprint density at radius 1 is 1.05 bits per heavy atom. The molecule has 0 amide bonds. The zero-order valence-electron chi connectivity index (χ0n) is 9.66. The molecule has 5 heteroatoms. The van der Waals surface area contributed by atoms with Crippen molar-refractivity contribution in [3.63, 3.8) is 0 Å². The normalized spacial score (nSPS) is 10.5. The molecule has 0 heterocycles. The van der Waals surface area contributed by atoms with Crippen LogP contribution in [0, 0.1) is 5.82 Å². The van der Waals surface area contributed by atoms with Gasteiger partial charge in [-0.3, -0.25) is 4.79 Å². The maximum atomic E-state index is 13.8. The van der Waals surface area contributed by atoms with E-state index in [1.165, 1.54) is 12.1 Å². The van der Waals surface area contributed by atoms with E-state index >= 15 is 0 Å². The molecule has 0 bridgehead atoms. The van der Waals surface area contributed by atoms with Gasteiger partial charge in [0.25, 0.3) is 0 Å². The molecule has 0 saturated heterocycles. The first-order valence-corrected chi connectivity index (χ1v) is 6.18. The van der Waals surface area contributed by atoms with E-state index in [1.54, 1.807) is 24.3 Å². The van der Waals surface area contributed by atoms with Crippen LogP contribution in [0.5, 0.6) is 0 Å². The molecule has 0 aliphatic rings. The fourth-order valence-corrected chi connectivity index (χ4v) is 2.28. The Morgan fingerprint density at radius 3 is 2.21 bits per heavy atom.